The summed E-state index contributed by atoms with van der Waals surface area (Å²) in [6.07, 6.45) is 7.16. The lowest BCUT2D eigenvalue weighted by Crippen LogP contribution is -2.43. The van der Waals surface area contributed by atoms with Crippen molar-refractivity contribution in [3.8, 4) is 0 Å². The number of carbonyl (C=O) groups excluding carboxylic acids is 1. The fourth-order valence-electron chi connectivity index (χ4n) is 1.72. The summed E-state index contributed by atoms with van der Waals surface area (Å²) in [7, 11) is 0. The Morgan fingerprint density at radius 2 is 2.00 bits per heavy atom. The zero-order valence-corrected chi connectivity index (χ0v) is 8.44. The Bertz CT molecular complexity index is 153. The van der Waals surface area contributed by atoms with E-state index in [9.17, 15) is 4.79 Å². The van der Waals surface area contributed by atoms with Gasteiger partial charge >= 0.3 is 6.03 Å². The van der Waals surface area contributed by atoms with Crippen LogP contribution >= 0.6 is 0 Å². The van der Waals surface area contributed by atoms with E-state index in [0.29, 0.717) is 6.04 Å². The van der Waals surface area contributed by atoms with E-state index in [1.54, 1.807) is 0 Å². The van der Waals surface area contributed by atoms with Gasteiger partial charge in [0.1, 0.15) is 0 Å². The average molecular weight is 184 g/mol. The van der Waals surface area contributed by atoms with E-state index in [-0.39, 0.29) is 6.03 Å². The van der Waals surface area contributed by atoms with Crippen LogP contribution in [-0.4, -0.2) is 18.6 Å². The molecule has 0 heterocycles. The largest absolute Gasteiger partial charge is 0.338 e. The molecule has 1 fully saturated rings. The van der Waals surface area contributed by atoms with Crippen molar-refractivity contribution >= 4 is 6.03 Å². The number of urea groups is 1. The molecule has 2 amide bonds. The monoisotopic (exact) mass is 184 g/mol. The van der Waals surface area contributed by atoms with E-state index in [1.165, 1.54) is 19.3 Å². The number of nitrogens with one attached hydrogen (secondary N) is 2. The molecular formula is C10H20N2O. The van der Waals surface area contributed by atoms with Gasteiger partial charge in [-0.15, -0.1) is 0 Å². The first-order valence-electron chi connectivity index (χ1n) is 5.37. The van der Waals surface area contributed by atoms with Crippen LogP contribution in [0.4, 0.5) is 4.79 Å². The lowest BCUT2D eigenvalue weighted by atomic mass is 9.96. The molecule has 0 aromatic heterocycles. The Balaban J connectivity index is 2.11. The maximum Gasteiger partial charge on any atom is 0.315 e. The third-order valence-corrected chi connectivity index (χ3v) is 2.48. The number of hydrogen-bond acceptors (Lipinski definition) is 1. The zero-order chi connectivity index (χ0) is 9.52. The highest BCUT2D eigenvalue weighted by Gasteiger charge is 2.14. The third kappa shape index (κ3) is 4.15. The molecule has 0 saturated heterocycles. The molecule has 0 bridgehead atoms. The molecular weight excluding hydrogens is 164 g/mol. The standard InChI is InChI=1S/C10H20N2O/c1-2-8-11-10(13)12-9-6-4-3-5-7-9/h9H,2-8H2,1H3,(H2,11,12,13). The molecule has 1 saturated carbocycles. The van der Waals surface area contributed by atoms with Crippen molar-refractivity contribution in [1.29, 1.82) is 0 Å². The Morgan fingerprint density at radius 1 is 1.31 bits per heavy atom. The summed E-state index contributed by atoms with van der Waals surface area (Å²) >= 11 is 0. The maximum absolute atomic E-state index is 11.2. The highest BCUT2D eigenvalue weighted by molar-refractivity contribution is 5.74. The van der Waals surface area contributed by atoms with Crippen LogP contribution in [0.25, 0.3) is 0 Å². The van der Waals surface area contributed by atoms with E-state index in [0.717, 1.165) is 25.8 Å². The van der Waals surface area contributed by atoms with Crippen LogP contribution in [0, 0.1) is 0 Å². The highest BCUT2D eigenvalue weighted by Crippen LogP contribution is 2.16. The topological polar surface area (TPSA) is 41.1 Å². The average Bonchev–Trinajstić information content (AvgIpc) is 2.16. The molecule has 3 heteroatoms. The van der Waals surface area contributed by atoms with Crippen LogP contribution in [0.1, 0.15) is 45.4 Å². The van der Waals surface area contributed by atoms with E-state index in [4.69, 9.17) is 0 Å². The summed E-state index contributed by atoms with van der Waals surface area (Å²) in [5, 5.41) is 5.83. The molecule has 1 rings (SSSR count). The second kappa shape index (κ2) is 5.84. The van der Waals surface area contributed by atoms with Gasteiger partial charge in [0.2, 0.25) is 0 Å². The van der Waals surface area contributed by atoms with Crippen LogP contribution in [0.2, 0.25) is 0 Å². The summed E-state index contributed by atoms with van der Waals surface area (Å²) in [6.45, 7) is 2.83. The van der Waals surface area contributed by atoms with Gasteiger partial charge in [-0.05, 0) is 19.3 Å². The summed E-state index contributed by atoms with van der Waals surface area (Å²) in [4.78, 5) is 11.2. The molecule has 76 valence electrons. The maximum atomic E-state index is 11.2. The van der Waals surface area contributed by atoms with Gasteiger partial charge in [-0.25, -0.2) is 4.79 Å². The summed E-state index contributed by atoms with van der Waals surface area (Å²) in [5.41, 5.74) is 0. The number of carbonyl (C=O) groups is 1. The molecule has 2 N–H and O–H groups in total. The molecule has 0 radical (unpaired) electrons. The first-order valence-corrected chi connectivity index (χ1v) is 5.37. The molecule has 1 aliphatic carbocycles. The predicted molar refractivity (Wildman–Crippen MR) is 53.7 cm³/mol. The first kappa shape index (κ1) is 10.4. The summed E-state index contributed by atoms with van der Waals surface area (Å²) in [5.74, 6) is 0. The van der Waals surface area contributed by atoms with Crippen molar-refractivity contribution in [2.75, 3.05) is 6.54 Å². The summed E-state index contributed by atoms with van der Waals surface area (Å²) < 4.78 is 0. The van der Waals surface area contributed by atoms with E-state index >= 15 is 0 Å². The molecule has 0 aliphatic heterocycles. The van der Waals surface area contributed by atoms with Gasteiger partial charge in [-0.2, -0.15) is 0 Å². The minimum absolute atomic E-state index is 0.00810. The predicted octanol–water partition coefficient (Wildman–Crippen LogP) is 2.03. The van der Waals surface area contributed by atoms with Gasteiger partial charge in [0.05, 0.1) is 0 Å². The Hall–Kier alpha value is -0.730. The van der Waals surface area contributed by atoms with Crippen molar-refractivity contribution in [2.24, 2.45) is 0 Å². The minimum Gasteiger partial charge on any atom is -0.338 e. The van der Waals surface area contributed by atoms with Crippen molar-refractivity contribution in [3.05, 3.63) is 0 Å². The lowest BCUT2D eigenvalue weighted by molar-refractivity contribution is 0.232. The van der Waals surface area contributed by atoms with Gasteiger partial charge in [0.15, 0.2) is 0 Å². The second-order valence-corrected chi connectivity index (χ2v) is 3.74. The van der Waals surface area contributed by atoms with Gasteiger partial charge in [-0.1, -0.05) is 26.2 Å². The molecule has 1 aliphatic rings. The van der Waals surface area contributed by atoms with Gasteiger partial charge < -0.3 is 10.6 Å². The second-order valence-electron chi connectivity index (χ2n) is 3.74. The van der Waals surface area contributed by atoms with Crippen LogP contribution in [0.3, 0.4) is 0 Å². The van der Waals surface area contributed by atoms with Crippen molar-refractivity contribution < 1.29 is 4.79 Å². The molecule has 0 atom stereocenters. The molecule has 0 spiro atoms. The number of hydrogen-bond donors (Lipinski definition) is 2. The van der Waals surface area contributed by atoms with Crippen LogP contribution in [-0.2, 0) is 0 Å². The molecule has 0 aromatic rings. The smallest absolute Gasteiger partial charge is 0.315 e. The van der Waals surface area contributed by atoms with E-state index < -0.39 is 0 Å². The number of rotatable bonds is 3. The van der Waals surface area contributed by atoms with Crippen LogP contribution in [0.15, 0.2) is 0 Å². The zero-order valence-electron chi connectivity index (χ0n) is 8.44. The van der Waals surface area contributed by atoms with Gasteiger partial charge in [0, 0.05) is 12.6 Å². The normalized spacial score (nSPS) is 18.2. The van der Waals surface area contributed by atoms with E-state index in [1.807, 2.05) is 0 Å². The lowest BCUT2D eigenvalue weighted by Gasteiger charge is -2.22. The Morgan fingerprint density at radius 3 is 2.62 bits per heavy atom. The fraction of sp³-hybridized carbons (Fsp3) is 0.900. The highest BCUT2D eigenvalue weighted by atomic mass is 16.2. The minimum atomic E-state index is 0.00810. The van der Waals surface area contributed by atoms with Crippen LogP contribution < -0.4 is 10.6 Å². The molecule has 0 aromatic carbocycles. The van der Waals surface area contributed by atoms with Crippen molar-refractivity contribution in [2.45, 2.75) is 51.5 Å². The third-order valence-electron chi connectivity index (χ3n) is 2.48. The fourth-order valence-corrected chi connectivity index (χ4v) is 1.72. The molecule has 13 heavy (non-hydrogen) atoms. The van der Waals surface area contributed by atoms with E-state index in [2.05, 4.69) is 17.6 Å². The molecule has 0 unspecified atom stereocenters. The SMILES string of the molecule is CCCNC(=O)NC1CCCCC1. The van der Waals surface area contributed by atoms with Crippen molar-refractivity contribution in [3.63, 3.8) is 0 Å². The van der Waals surface area contributed by atoms with Gasteiger partial charge in [0.25, 0.3) is 0 Å². The quantitative estimate of drug-likeness (QED) is 0.692. The van der Waals surface area contributed by atoms with Gasteiger partial charge in [-0.3, -0.25) is 0 Å². The Labute approximate surface area is 80.3 Å². The molecule has 3 nitrogen and oxygen atoms in total. The number of amides is 2. The Kier molecular flexibility index (Phi) is 4.65. The van der Waals surface area contributed by atoms with Crippen LogP contribution in [0.5, 0.6) is 0 Å². The summed E-state index contributed by atoms with van der Waals surface area (Å²) in [6, 6.07) is 0.430. The van der Waals surface area contributed by atoms with Crippen molar-refractivity contribution in [1.82, 2.24) is 10.6 Å². The first-order chi connectivity index (χ1) is 6.33.